The highest BCUT2D eigenvalue weighted by molar-refractivity contribution is 5.79. The van der Waals surface area contributed by atoms with Crippen LogP contribution < -0.4 is 5.32 Å². The number of carboxylic acids is 1. The van der Waals surface area contributed by atoms with E-state index >= 15 is 0 Å². The van der Waals surface area contributed by atoms with Crippen molar-refractivity contribution in [2.75, 3.05) is 19.6 Å². The van der Waals surface area contributed by atoms with E-state index in [0.717, 1.165) is 58.2 Å². The van der Waals surface area contributed by atoms with Crippen LogP contribution in [0, 0.1) is 0 Å². The number of nitrogens with zero attached hydrogens (tertiary/aromatic N) is 1. The molecular weight excluding hydrogens is 216 g/mol. The Labute approximate surface area is 103 Å². The fraction of sp³-hybridized carbons (Fsp3) is 0.923. The van der Waals surface area contributed by atoms with Gasteiger partial charge in [0.1, 0.15) is 5.54 Å². The molecule has 98 valence electrons. The van der Waals surface area contributed by atoms with Crippen LogP contribution in [0.4, 0.5) is 0 Å². The molecule has 0 bridgehead atoms. The smallest absolute Gasteiger partial charge is 0.324 e. The first-order chi connectivity index (χ1) is 8.20. The summed E-state index contributed by atoms with van der Waals surface area (Å²) in [6.07, 6.45) is 5.97. The summed E-state index contributed by atoms with van der Waals surface area (Å²) in [5.74, 6) is -0.601. The predicted octanol–water partition coefficient (Wildman–Crippen LogP) is 1.46. The average molecular weight is 240 g/mol. The molecule has 1 heterocycles. The van der Waals surface area contributed by atoms with Gasteiger partial charge in [0.05, 0.1) is 0 Å². The standard InChI is InChI=1S/C13H24N2O2/c1-2-15(11-5-9-14-10-6-11)13(12(16)17)7-3-4-8-13/h11,14H,2-10H2,1H3,(H,16,17). The maximum absolute atomic E-state index is 11.7. The Morgan fingerprint density at radius 3 is 2.41 bits per heavy atom. The summed E-state index contributed by atoms with van der Waals surface area (Å²) < 4.78 is 0. The van der Waals surface area contributed by atoms with Gasteiger partial charge in [0.25, 0.3) is 0 Å². The molecule has 0 spiro atoms. The van der Waals surface area contributed by atoms with E-state index in [9.17, 15) is 9.90 Å². The van der Waals surface area contributed by atoms with Crippen LogP contribution in [0.1, 0.15) is 45.4 Å². The van der Waals surface area contributed by atoms with Gasteiger partial charge in [0.2, 0.25) is 0 Å². The van der Waals surface area contributed by atoms with E-state index in [0.29, 0.717) is 6.04 Å². The van der Waals surface area contributed by atoms with Crippen molar-refractivity contribution in [3.63, 3.8) is 0 Å². The molecule has 0 amide bonds. The van der Waals surface area contributed by atoms with Crippen molar-refractivity contribution in [3.05, 3.63) is 0 Å². The third-order valence-corrected chi connectivity index (χ3v) is 4.47. The minimum atomic E-state index is -0.601. The molecule has 17 heavy (non-hydrogen) atoms. The first-order valence-corrected chi connectivity index (χ1v) is 6.91. The second-order valence-electron chi connectivity index (χ2n) is 5.31. The summed E-state index contributed by atoms with van der Waals surface area (Å²) in [4.78, 5) is 14.0. The second-order valence-corrected chi connectivity index (χ2v) is 5.31. The maximum Gasteiger partial charge on any atom is 0.324 e. The van der Waals surface area contributed by atoms with Gasteiger partial charge in [-0.2, -0.15) is 0 Å². The Kier molecular flexibility index (Phi) is 4.05. The molecule has 0 unspecified atom stereocenters. The molecule has 0 aromatic rings. The van der Waals surface area contributed by atoms with Crippen molar-refractivity contribution >= 4 is 5.97 Å². The van der Waals surface area contributed by atoms with Crippen LogP contribution in [0.25, 0.3) is 0 Å². The number of carboxylic acid groups (broad SMARTS) is 1. The van der Waals surface area contributed by atoms with Gasteiger partial charge in [0.15, 0.2) is 0 Å². The van der Waals surface area contributed by atoms with Gasteiger partial charge in [-0.05, 0) is 45.3 Å². The zero-order valence-corrected chi connectivity index (χ0v) is 10.7. The van der Waals surface area contributed by atoms with Crippen LogP contribution in [0.2, 0.25) is 0 Å². The lowest BCUT2D eigenvalue weighted by Crippen LogP contribution is -2.58. The molecule has 2 fully saturated rings. The summed E-state index contributed by atoms with van der Waals surface area (Å²) in [5.41, 5.74) is -0.559. The number of hydrogen-bond acceptors (Lipinski definition) is 3. The van der Waals surface area contributed by atoms with Crippen LogP contribution in [0.3, 0.4) is 0 Å². The lowest BCUT2D eigenvalue weighted by Gasteiger charge is -2.44. The van der Waals surface area contributed by atoms with Gasteiger partial charge in [0, 0.05) is 6.04 Å². The van der Waals surface area contributed by atoms with Crippen LogP contribution >= 0.6 is 0 Å². The lowest BCUT2D eigenvalue weighted by molar-refractivity contribution is -0.153. The highest BCUT2D eigenvalue weighted by atomic mass is 16.4. The van der Waals surface area contributed by atoms with Gasteiger partial charge in [-0.15, -0.1) is 0 Å². The van der Waals surface area contributed by atoms with Crippen LogP contribution in [0.5, 0.6) is 0 Å². The number of carbonyl (C=O) groups is 1. The summed E-state index contributed by atoms with van der Waals surface area (Å²) in [7, 11) is 0. The van der Waals surface area contributed by atoms with E-state index in [4.69, 9.17) is 0 Å². The zero-order valence-electron chi connectivity index (χ0n) is 10.7. The number of rotatable bonds is 4. The normalized spacial score (nSPS) is 25.3. The van der Waals surface area contributed by atoms with Gasteiger partial charge >= 0.3 is 5.97 Å². The second kappa shape index (κ2) is 5.36. The summed E-state index contributed by atoms with van der Waals surface area (Å²) in [6.45, 7) is 5.01. The topological polar surface area (TPSA) is 52.6 Å². The molecule has 2 N–H and O–H groups in total. The number of aliphatic carboxylic acids is 1. The van der Waals surface area contributed by atoms with E-state index in [1.54, 1.807) is 0 Å². The molecule has 2 aliphatic rings. The number of likely N-dealkylation sites (N-methyl/N-ethyl adjacent to an activating group) is 1. The van der Waals surface area contributed by atoms with Crippen LogP contribution in [-0.4, -0.2) is 47.2 Å². The van der Waals surface area contributed by atoms with Gasteiger partial charge < -0.3 is 10.4 Å². The molecule has 0 atom stereocenters. The van der Waals surface area contributed by atoms with Gasteiger partial charge in [-0.1, -0.05) is 19.8 Å². The number of hydrogen-bond donors (Lipinski definition) is 2. The zero-order chi connectivity index (χ0) is 12.3. The maximum atomic E-state index is 11.7. The molecule has 0 aromatic heterocycles. The van der Waals surface area contributed by atoms with Crippen molar-refractivity contribution in [1.82, 2.24) is 10.2 Å². The number of nitrogens with one attached hydrogen (secondary N) is 1. The number of piperidine rings is 1. The molecular formula is C13H24N2O2. The molecule has 0 aromatic carbocycles. The van der Waals surface area contributed by atoms with Gasteiger partial charge in [-0.3, -0.25) is 9.69 Å². The fourth-order valence-electron chi connectivity index (χ4n) is 3.61. The average Bonchev–Trinajstić information content (AvgIpc) is 2.82. The van der Waals surface area contributed by atoms with E-state index in [2.05, 4.69) is 17.1 Å². The molecule has 2 rings (SSSR count). The molecule has 1 saturated carbocycles. The Morgan fingerprint density at radius 1 is 1.35 bits per heavy atom. The third kappa shape index (κ3) is 2.33. The van der Waals surface area contributed by atoms with Gasteiger partial charge in [-0.25, -0.2) is 0 Å². The molecule has 0 radical (unpaired) electrons. The fourth-order valence-corrected chi connectivity index (χ4v) is 3.61. The molecule has 1 aliphatic heterocycles. The van der Waals surface area contributed by atoms with Crippen molar-refractivity contribution in [2.45, 2.75) is 57.0 Å². The first-order valence-electron chi connectivity index (χ1n) is 6.91. The summed E-state index contributed by atoms with van der Waals surface area (Å²) in [6, 6.07) is 0.454. The first kappa shape index (κ1) is 12.8. The Hall–Kier alpha value is -0.610. The monoisotopic (exact) mass is 240 g/mol. The summed E-state index contributed by atoms with van der Waals surface area (Å²) in [5, 5.41) is 13.0. The van der Waals surface area contributed by atoms with E-state index < -0.39 is 11.5 Å². The minimum Gasteiger partial charge on any atom is -0.480 e. The summed E-state index contributed by atoms with van der Waals surface area (Å²) >= 11 is 0. The van der Waals surface area contributed by atoms with Crippen molar-refractivity contribution < 1.29 is 9.90 Å². The van der Waals surface area contributed by atoms with Crippen LogP contribution in [-0.2, 0) is 4.79 Å². The quantitative estimate of drug-likeness (QED) is 0.781. The highest BCUT2D eigenvalue weighted by Crippen LogP contribution is 2.38. The van der Waals surface area contributed by atoms with Crippen LogP contribution in [0.15, 0.2) is 0 Å². The lowest BCUT2D eigenvalue weighted by atomic mass is 9.90. The van der Waals surface area contributed by atoms with Crippen molar-refractivity contribution in [3.8, 4) is 0 Å². The van der Waals surface area contributed by atoms with E-state index in [-0.39, 0.29) is 0 Å². The largest absolute Gasteiger partial charge is 0.480 e. The Balaban J connectivity index is 2.16. The van der Waals surface area contributed by atoms with E-state index in [1.165, 1.54) is 0 Å². The Bertz CT molecular complexity index is 269. The third-order valence-electron chi connectivity index (χ3n) is 4.47. The molecule has 4 heteroatoms. The van der Waals surface area contributed by atoms with E-state index in [1.807, 2.05) is 0 Å². The molecule has 1 aliphatic carbocycles. The highest BCUT2D eigenvalue weighted by Gasteiger charge is 2.48. The van der Waals surface area contributed by atoms with Crippen molar-refractivity contribution in [1.29, 1.82) is 0 Å². The van der Waals surface area contributed by atoms with Crippen molar-refractivity contribution in [2.24, 2.45) is 0 Å². The minimum absolute atomic E-state index is 0.454. The molecule has 4 nitrogen and oxygen atoms in total. The SMILES string of the molecule is CCN(C1CCNCC1)C1(C(=O)O)CCCC1. The Morgan fingerprint density at radius 2 is 1.94 bits per heavy atom. The molecule has 1 saturated heterocycles. The predicted molar refractivity (Wildman–Crippen MR) is 67.1 cm³/mol.